The number of hydrogen-bond donors (Lipinski definition) is 2. The average Bonchev–Trinajstić information content (AvgIpc) is 2.82. The van der Waals surface area contributed by atoms with Crippen LogP contribution in [-0.4, -0.2) is 17.6 Å². The normalized spacial score (nSPS) is 16.4. The fraction of sp³-hybridized carbons (Fsp3) is 0.133. The third-order valence-electron chi connectivity index (χ3n) is 3.20. The number of carbonyl (C=O) groups is 1. The molecule has 0 radical (unpaired) electrons. The lowest BCUT2D eigenvalue weighted by molar-refractivity contribution is 0.0926. The van der Waals surface area contributed by atoms with Crippen LogP contribution >= 0.6 is 0 Å². The van der Waals surface area contributed by atoms with Crippen molar-refractivity contribution in [2.24, 2.45) is 0 Å². The average molecular weight is 273 g/mol. The highest BCUT2D eigenvalue weighted by atomic mass is 19.1. The highest BCUT2D eigenvalue weighted by Gasteiger charge is 2.26. The maximum Gasteiger partial charge on any atom is 0.254 e. The number of carbonyl (C=O) groups excluding carboxylic acids is 1. The molecule has 3 rings (SSSR count). The lowest BCUT2D eigenvalue weighted by atomic mass is 10.1. The minimum Gasteiger partial charge on any atom is -0.508 e. The molecule has 102 valence electrons. The Bertz CT molecular complexity index is 672. The third kappa shape index (κ3) is 2.18. The number of phenolic OH excluding ortho intramolecular Hbond substituents is 1. The van der Waals surface area contributed by atoms with Gasteiger partial charge in [0.25, 0.3) is 5.91 Å². The molecule has 0 spiro atoms. The molecule has 0 bridgehead atoms. The third-order valence-corrected chi connectivity index (χ3v) is 3.20. The van der Waals surface area contributed by atoms with Gasteiger partial charge in [-0.2, -0.15) is 0 Å². The zero-order valence-electron chi connectivity index (χ0n) is 10.5. The summed E-state index contributed by atoms with van der Waals surface area (Å²) >= 11 is 0. The number of rotatable bonds is 2. The van der Waals surface area contributed by atoms with Crippen LogP contribution in [0.2, 0.25) is 0 Å². The van der Waals surface area contributed by atoms with Crippen LogP contribution in [0.4, 0.5) is 4.39 Å². The van der Waals surface area contributed by atoms with Crippen LogP contribution in [0.25, 0.3) is 0 Å². The Balaban J connectivity index is 1.81. The Morgan fingerprint density at radius 3 is 2.90 bits per heavy atom. The van der Waals surface area contributed by atoms with Crippen LogP contribution in [-0.2, 0) is 0 Å². The first-order valence-corrected chi connectivity index (χ1v) is 6.16. The van der Waals surface area contributed by atoms with E-state index in [0.29, 0.717) is 6.61 Å². The fourth-order valence-electron chi connectivity index (χ4n) is 2.21. The zero-order chi connectivity index (χ0) is 14.1. The van der Waals surface area contributed by atoms with Crippen molar-refractivity contribution >= 4 is 5.91 Å². The number of benzene rings is 2. The van der Waals surface area contributed by atoms with Crippen molar-refractivity contribution in [2.75, 3.05) is 6.61 Å². The van der Waals surface area contributed by atoms with Crippen LogP contribution < -0.4 is 10.1 Å². The number of nitrogens with one attached hydrogen (secondary N) is 1. The minimum atomic E-state index is -0.755. The molecule has 1 amide bonds. The first kappa shape index (κ1) is 12.5. The molecule has 1 unspecified atom stereocenters. The van der Waals surface area contributed by atoms with E-state index in [1.165, 1.54) is 12.1 Å². The Hall–Kier alpha value is -2.56. The molecular weight excluding hydrogens is 261 g/mol. The predicted molar refractivity (Wildman–Crippen MR) is 70.2 cm³/mol. The smallest absolute Gasteiger partial charge is 0.254 e. The molecule has 20 heavy (non-hydrogen) atoms. The van der Waals surface area contributed by atoms with E-state index < -0.39 is 11.7 Å². The summed E-state index contributed by atoms with van der Waals surface area (Å²) in [6, 6.07) is 10.5. The van der Waals surface area contributed by atoms with Gasteiger partial charge in [0.05, 0.1) is 11.6 Å². The quantitative estimate of drug-likeness (QED) is 0.883. The second-order valence-corrected chi connectivity index (χ2v) is 4.54. The van der Waals surface area contributed by atoms with E-state index in [9.17, 15) is 9.18 Å². The number of para-hydroxylation sites is 1. The first-order chi connectivity index (χ1) is 9.65. The molecule has 5 heteroatoms. The summed E-state index contributed by atoms with van der Waals surface area (Å²) in [5.41, 5.74) is 0.771. The van der Waals surface area contributed by atoms with Gasteiger partial charge in [0, 0.05) is 11.6 Å². The van der Waals surface area contributed by atoms with E-state index in [-0.39, 0.29) is 17.4 Å². The van der Waals surface area contributed by atoms with Gasteiger partial charge in [-0.3, -0.25) is 4.79 Å². The predicted octanol–water partition coefficient (Wildman–Crippen LogP) is 2.39. The highest BCUT2D eigenvalue weighted by molar-refractivity contribution is 5.95. The van der Waals surface area contributed by atoms with E-state index >= 15 is 0 Å². The summed E-state index contributed by atoms with van der Waals surface area (Å²) in [4.78, 5) is 12.1. The lowest BCUT2D eigenvalue weighted by Gasteiger charge is -2.12. The van der Waals surface area contributed by atoms with E-state index in [0.717, 1.165) is 17.4 Å². The summed E-state index contributed by atoms with van der Waals surface area (Å²) in [5, 5.41) is 11.9. The van der Waals surface area contributed by atoms with Gasteiger partial charge in [-0.15, -0.1) is 0 Å². The van der Waals surface area contributed by atoms with Crippen molar-refractivity contribution < 1.29 is 19.0 Å². The van der Waals surface area contributed by atoms with Gasteiger partial charge in [0.15, 0.2) is 0 Å². The Labute approximate surface area is 114 Å². The molecule has 2 N–H and O–H groups in total. The van der Waals surface area contributed by atoms with E-state index in [1.54, 1.807) is 0 Å². The van der Waals surface area contributed by atoms with Crippen LogP contribution in [0.5, 0.6) is 11.5 Å². The number of amides is 1. The minimum absolute atomic E-state index is 0.104. The molecule has 0 aromatic heterocycles. The first-order valence-electron chi connectivity index (χ1n) is 6.16. The zero-order valence-corrected chi connectivity index (χ0v) is 10.5. The van der Waals surface area contributed by atoms with E-state index in [2.05, 4.69) is 5.32 Å². The number of fused-ring (bicyclic) bond motifs is 1. The van der Waals surface area contributed by atoms with Crippen molar-refractivity contribution in [3.8, 4) is 11.5 Å². The second kappa shape index (κ2) is 4.85. The van der Waals surface area contributed by atoms with Gasteiger partial charge in [-0.1, -0.05) is 18.2 Å². The maximum absolute atomic E-state index is 13.6. The topological polar surface area (TPSA) is 58.6 Å². The molecule has 2 aromatic carbocycles. The number of hydrogen-bond acceptors (Lipinski definition) is 3. The number of ether oxygens (including phenoxy) is 1. The molecule has 2 aromatic rings. The number of halogens is 1. The molecule has 1 heterocycles. The SMILES string of the molecule is O=C(NC1COc2ccccc21)c1ccc(O)cc1F. The molecule has 0 saturated heterocycles. The maximum atomic E-state index is 13.6. The van der Waals surface area contributed by atoms with Gasteiger partial charge in [-0.25, -0.2) is 4.39 Å². The Morgan fingerprint density at radius 1 is 1.30 bits per heavy atom. The molecule has 1 aliphatic heterocycles. The molecule has 4 nitrogen and oxygen atoms in total. The summed E-state index contributed by atoms with van der Waals surface area (Å²) in [7, 11) is 0. The molecular formula is C15H12FNO3. The Morgan fingerprint density at radius 2 is 2.10 bits per heavy atom. The fourth-order valence-corrected chi connectivity index (χ4v) is 2.21. The van der Waals surface area contributed by atoms with Gasteiger partial charge < -0.3 is 15.2 Å². The molecule has 1 atom stereocenters. The van der Waals surface area contributed by atoms with E-state index in [1.807, 2.05) is 24.3 Å². The summed E-state index contributed by atoms with van der Waals surface area (Å²) < 4.78 is 19.1. The molecule has 0 fully saturated rings. The van der Waals surface area contributed by atoms with Crippen molar-refractivity contribution in [1.82, 2.24) is 5.32 Å². The number of phenols is 1. The van der Waals surface area contributed by atoms with Crippen molar-refractivity contribution in [2.45, 2.75) is 6.04 Å². The van der Waals surface area contributed by atoms with Gasteiger partial charge in [0.2, 0.25) is 0 Å². The monoisotopic (exact) mass is 273 g/mol. The largest absolute Gasteiger partial charge is 0.508 e. The highest BCUT2D eigenvalue weighted by Crippen LogP contribution is 2.31. The lowest BCUT2D eigenvalue weighted by Crippen LogP contribution is -2.30. The summed E-state index contributed by atoms with van der Waals surface area (Å²) in [6.45, 7) is 0.324. The van der Waals surface area contributed by atoms with Gasteiger partial charge >= 0.3 is 0 Å². The van der Waals surface area contributed by atoms with Crippen LogP contribution in [0.15, 0.2) is 42.5 Å². The van der Waals surface area contributed by atoms with Crippen molar-refractivity contribution in [3.05, 3.63) is 59.4 Å². The van der Waals surface area contributed by atoms with Crippen LogP contribution in [0, 0.1) is 5.82 Å². The van der Waals surface area contributed by atoms with Gasteiger partial charge in [-0.05, 0) is 18.2 Å². The molecule has 1 aliphatic rings. The molecule has 0 saturated carbocycles. The standard InChI is InChI=1S/C15H12FNO3/c16-12-7-9(18)5-6-10(12)15(19)17-13-8-20-14-4-2-1-3-11(13)14/h1-7,13,18H,8H2,(H,17,19). The Kier molecular flexibility index (Phi) is 3.02. The summed E-state index contributed by atoms with van der Waals surface area (Å²) in [6.07, 6.45) is 0. The summed E-state index contributed by atoms with van der Waals surface area (Å²) in [5.74, 6) is -0.778. The van der Waals surface area contributed by atoms with Gasteiger partial charge in [0.1, 0.15) is 23.9 Å². The van der Waals surface area contributed by atoms with Crippen LogP contribution in [0.3, 0.4) is 0 Å². The van der Waals surface area contributed by atoms with Crippen molar-refractivity contribution in [1.29, 1.82) is 0 Å². The van der Waals surface area contributed by atoms with Crippen LogP contribution in [0.1, 0.15) is 22.0 Å². The second-order valence-electron chi connectivity index (χ2n) is 4.54. The number of aromatic hydroxyl groups is 1. The van der Waals surface area contributed by atoms with E-state index in [4.69, 9.17) is 9.84 Å². The van der Waals surface area contributed by atoms with Crippen molar-refractivity contribution in [3.63, 3.8) is 0 Å². The molecule has 0 aliphatic carbocycles.